The topological polar surface area (TPSA) is 30.8 Å². The summed E-state index contributed by atoms with van der Waals surface area (Å²) >= 11 is 0. The standard InChI is InChI=1S/C16H13NO2/c1-18-11-8-6-10(7-9-11)14-15-12-4-2-3-5-13(12)16(17-14)19-15/h2-9,15-16H,1H3/t15?,16-/m1/s1. The summed E-state index contributed by atoms with van der Waals surface area (Å²) in [4.78, 5) is 4.68. The minimum atomic E-state index is -0.127. The molecule has 0 aliphatic carbocycles. The van der Waals surface area contributed by atoms with Gasteiger partial charge in [-0.1, -0.05) is 24.3 Å². The fraction of sp³-hybridized carbons (Fsp3) is 0.188. The highest BCUT2D eigenvalue weighted by atomic mass is 16.5. The molecule has 0 fully saturated rings. The van der Waals surface area contributed by atoms with Gasteiger partial charge in [-0.2, -0.15) is 0 Å². The first-order valence-corrected chi connectivity index (χ1v) is 6.33. The molecule has 2 heterocycles. The lowest BCUT2D eigenvalue weighted by molar-refractivity contribution is 0.0769. The van der Waals surface area contributed by atoms with Crippen molar-refractivity contribution in [3.8, 4) is 5.75 Å². The molecule has 2 aliphatic heterocycles. The summed E-state index contributed by atoms with van der Waals surface area (Å²) in [5.74, 6) is 0.855. The fourth-order valence-electron chi connectivity index (χ4n) is 2.74. The predicted octanol–water partition coefficient (Wildman–Crippen LogP) is 3.27. The smallest absolute Gasteiger partial charge is 0.176 e. The Kier molecular flexibility index (Phi) is 2.23. The van der Waals surface area contributed by atoms with Gasteiger partial charge in [0.1, 0.15) is 11.9 Å². The van der Waals surface area contributed by atoms with Crippen LogP contribution in [-0.4, -0.2) is 12.8 Å². The molecule has 0 amide bonds. The van der Waals surface area contributed by atoms with Gasteiger partial charge in [0.15, 0.2) is 6.23 Å². The first kappa shape index (κ1) is 10.8. The van der Waals surface area contributed by atoms with E-state index in [1.165, 1.54) is 11.1 Å². The van der Waals surface area contributed by atoms with Gasteiger partial charge in [-0.3, -0.25) is 4.99 Å². The molecule has 0 N–H and O–H groups in total. The molecule has 2 atom stereocenters. The summed E-state index contributed by atoms with van der Waals surface area (Å²) in [5, 5.41) is 0. The van der Waals surface area contributed by atoms with Crippen LogP contribution < -0.4 is 4.74 Å². The summed E-state index contributed by atoms with van der Waals surface area (Å²) in [6, 6.07) is 16.3. The quantitative estimate of drug-likeness (QED) is 0.820. The molecule has 0 saturated heterocycles. The molecule has 3 nitrogen and oxygen atoms in total. The lowest BCUT2D eigenvalue weighted by Crippen LogP contribution is -2.11. The van der Waals surface area contributed by atoms with Crippen LogP contribution >= 0.6 is 0 Å². The van der Waals surface area contributed by atoms with E-state index < -0.39 is 0 Å². The number of ether oxygens (including phenoxy) is 2. The highest BCUT2D eigenvalue weighted by molar-refractivity contribution is 6.06. The number of hydrogen-bond acceptors (Lipinski definition) is 3. The molecular weight excluding hydrogens is 238 g/mol. The van der Waals surface area contributed by atoms with Crippen LogP contribution in [0.1, 0.15) is 29.0 Å². The lowest BCUT2D eigenvalue weighted by atomic mass is 9.95. The van der Waals surface area contributed by atoms with E-state index in [1.54, 1.807) is 7.11 Å². The van der Waals surface area contributed by atoms with Gasteiger partial charge in [0.25, 0.3) is 0 Å². The number of hydrogen-bond donors (Lipinski definition) is 0. The third-order valence-corrected chi connectivity index (χ3v) is 3.70. The summed E-state index contributed by atoms with van der Waals surface area (Å²) in [5.41, 5.74) is 4.56. The number of fused-ring (bicyclic) bond motifs is 5. The zero-order chi connectivity index (χ0) is 12.8. The largest absolute Gasteiger partial charge is 0.497 e. The molecule has 0 spiro atoms. The van der Waals surface area contributed by atoms with Crippen molar-refractivity contribution < 1.29 is 9.47 Å². The van der Waals surface area contributed by atoms with Crippen molar-refractivity contribution in [2.24, 2.45) is 4.99 Å². The summed E-state index contributed by atoms with van der Waals surface area (Å²) in [6.45, 7) is 0. The van der Waals surface area contributed by atoms with Gasteiger partial charge in [-0.05, 0) is 35.4 Å². The van der Waals surface area contributed by atoms with E-state index in [0.717, 1.165) is 17.0 Å². The molecule has 4 rings (SSSR count). The maximum atomic E-state index is 5.93. The van der Waals surface area contributed by atoms with Crippen LogP contribution in [-0.2, 0) is 4.74 Å². The second-order valence-corrected chi connectivity index (χ2v) is 4.74. The molecule has 0 aromatic heterocycles. The van der Waals surface area contributed by atoms with Gasteiger partial charge in [-0.25, -0.2) is 0 Å². The SMILES string of the molecule is COc1ccc(C2=N[C@@H]3OC2c2ccccc23)cc1. The highest BCUT2D eigenvalue weighted by Crippen LogP contribution is 2.47. The lowest BCUT2D eigenvalue weighted by Gasteiger charge is -2.13. The zero-order valence-corrected chi connectivity index (χ0v) is 10.5. The van der Waals surface area contributed by atoms with E-state index in [0.29, 0.717) is 0 Å². The Bertz CT molecular complexity index is 661. The van der Waals surface area contributed by atoms with E-state index >= 15 is 0 Å². The van der Waals surface area contributed by atoms with Crippen molar-refractivity contribution >= 4 is 5.71 Å². The first-order chi connectivity index (χ1) is 9.36. The van der Waals surface area contributed by atoms with Crippen molar-refractivity contribution in [2.75, 3.05) is 7.11 Å². The molecule has 0 radical (unpaired) electrons. The number of nitrogens with zero attached hydrogens (tertiary/aromatic N) is 1. The Morgan fingerprint density at radius 2 is 1.74 bits per heavy atom. The molecule has 2 aromatic rings. The molecule has 19 heavy (non-hydrogen) atoms. The third-order valence-electron chi connectivity index (χ3n) is 3.70. The van der Waals surface area contributed by atoms with Crippen molar-refractivity contribution in [2.45, 2.75) is 12.3 Å². The van der Waals surface area contributed by atoms with Crippen LogP contribution in [0.3, 0.4) is 0 Å². The van der Waals surface area contributed by atoms with Crippen molar-refractivity contribution in [1.82, 2.24) is 0 Å². The Balaban J connectivity index is 1.74. The molecule has 3 heteroatoms. The third kappa shape index (κ3) is 1.52. The van der Waals surface area contributed by atoms with Crippen LogP contribution in [0.2, 0.25) is 0 Å². The summed E-state index contributed by atoms with van der Waals surface area (Å²) in [6.07, 6.45) is -0.145. The van der Waals surface area contributed by atoms with Gasteiger partial charge in [0.05, 0.1) is 12.8 Å². The van der Waals surface area contributed by atoms with E-state index in [1.807, 2.05) is 30.3 Å². The van der Waals surface area contributed by atoms with E-state index in [4.69, 9.17) is 9.47 Å². The van der Waals surface area contributed by atoms with E-state index in [9.17, 15) is 0 Å². The van der Waals surface area contributed by atoms with Crippen LogP contribution in [0, 0.1) is 0 Å². The predicted molar refractivity (Wildman–Crippen MR) is 72.5 cm³/mol. The van der Waals surface area contributed by atoms with Crippen LogP contribution in [0.15, 0.2) is 53.5 Å². The van der Waals surface area contributed by atoms with Gasteiger partial charge < -0.3 is 9.47 Å². The Morgan fingerprint density at radius 1 is 1.00 bits per heavy atom. The van der Waals surface area contributed by atoms with Crippen LogP contribution in [0.5, 0.6) is 5.75 Å². The monoisotopic (exact) mass is 251 g/mol. The molecule has 94 valence electrons. The molecule has 2 aromatic carbocycles. The van der Waals surface area contributed by atoms with Crippen molar-refractivity contribution in [3.63, 3.8) is 0 Å². The first-order valence-electron chi connectivity index (χ1n) is 6.33. The van der Waals surface area contributed by atoms with E-state index in [2.05, 4.69) is 23.2 Å². The Morgan fingerprint density at radius 3 is 2.47 bits per heavy atom. The molecule has 2 bridgehead atoms. The molecule has 1 unspecified atom stereocenters. The van der Waals surface area contributed by atoms with Crippen molar-refractivity contribution in [1.29, 1.82) is 0 Å². The minimum absolute atomic E-state index is 0.0189. The second-order valence-electron chi connectivity index (χ2n) is 4.74. The molecular formula is C16H13NO2. The van der Waals surface area contributed by atoms with Gasteiger partial charge in [0, 0.05) is 5.56 Å². The normalized spacial score (nSPS) is 23.1. The van der Waals surface area contributed by atoms with E-state index in [-0.39, 0.29) is 12.3 Å². The highest BCUT2D eigenvalue weighted by Gasteiger charge is 2.40. The Hall–Kier alpha value is -2.13. The maximum Gasteiger partial charge on any atom is 0.176 e. The van der Waals surface area contributed by atoms with Crippen LogP contribution in [0.4, 0.5) is 0 Å². The maximum absolute atomic E-state index is 5.93. The summed E-state index contributed by atoms with van der Waals surface area (Å²) < 4.78 is 11.1. The summed E-state index contributed by atoms with van der Waals surface area (Å²) in [7, 11) is 1.67. The molecule has 2 aliphatic rings. The number of benzene rings is 2. The van der Waals surface area contributed by atoms with Gasteiger partial charge >= 0.3 is 0 Å². The zero-order valence-electron chi connectivity index (χ0n) is 10.5. The van der Waals surface area contributed by atoms with Crippen molar-refractivity contribution in [3.05, 3.63) is 65.2 Å². The average Bonchev–Trinajstić information content (AvgIpc) is 3.07. The van der Waals surface area contributed by atoms with Gasteiger partial charge in [-0.15, -0.1) is 0 Å². The van der Waals surface area contributed by atoms with Gasteiger partial charge in [0.2, 0.25) is 0 Å². The Labute approximate surface area is 111 Å². The number of aliphatic imine (C=N–C) groups is 1. The number of rotatable bonds is 2. The fourth-order valence-corrected chi connectivity index (χ4v) is 2.74. The average molecular weight is 251 g/mol. The number of methoxy groups -OCH3 is 1. The molecule has 0 saturated carbocycles. The van der Waals surface area contributed by atoms with Crippen LogP contribution in [0.25, 0.3) is 0 Å². The second kappa shape index (κ2) is 3.93. The minimum Gasteiger partial charge on any atom is -0.497 e.